The highest BCUT2D eigenvalue weighted by Crippen LogP contribution is 2.26. The first-order valence-corrected chi connectivity index (χ1v) is 12.9. The number of nitrogens with zero attached hydrogens (tertiary/aromatic N) is 4. The maximum Gasteiger partial charge on any atom is 0.290 e. The van der Waals surface area contributed by atoms with Crippen LogP contribution in [-0.2, 0) is 11.3 Å². The van der Waals surface area contributed by atoms with Crippen molar-refractivity contribution in [3.63, 3.8) is 0 Å². The van der Waals surface area contributed by atoms with Crippen molar-refractivity contribution < 1.29 is 14.0 Å². The molecule has 0 aliphatic carbocycles. The predicted octanol–water partition coefficient (Wildman–Crippen LogP) is 4.52. The van der Waals surface area contributed by atoms with Gasteiger partial charge in [-0.05, 0) is 61.3 Å². The topological polar surface area (TPSA) is 100 Å². The van der Waals surface area contributed by atoms with Crippen LogP contribution in [0.4, 0.5) is 15.1 Å². The molecule has 2 fully saturated rings. The molecule has 5 rings (SSSR count). The van der Waals surface area contributed by atoms with E-state index in [1.807, 2.05) is 32.0 Å². The van der Waals surface area contributed by atoms with Crippen molar-refractivity contribution in [2.24, 2.45) is 5.92 Å². The number of hydrogen-bond donors (Lipinski definition) is 2. The average molecular weight is 509 g/mol. The summed E-state index contributed by atoms with van der Waals surface area (Å²) >= 11 is 0.875. The number of hydrogen-bond acceptors (Lipinski definition) is 8. The molecule has 1 aromatic carbocycles. The zero-order valence-corrected chi connectivity index (χ0v) is 21.1. The summed E-state index contributed by atoms with van der Waals surface area (Å²) in [5.41, 5.74) is 1.83. The Kier molecular flexibility index (Phi) is 8.61. The number of fused-ring (bicyclic) bond motifs is 1. The molecule has 8 nitrogen and oxygen atoms in total. The van der Waals surface area contributed by atoms with Crippen LogP contribution in [-0.4, -0.2) is 45.7 Å². The normalized spacial score (nSPS) is 17.3. The van der Waals surface area contributed by atoms with Gasteiger partial charge in [0.2, 0.25) is 5.95 Å². The van der Waals surface area contributed by atoms with Crippen LogP contribution < -0.4 is 15.5 Å². The van der Waals surface area contributed by atoms with E-state index < -0.39 is 5.91 Å². The number of para-hydroxylation sites is 1. The van der Waals surface area contributed by atoms with Crippen molar-refractivity contribution in [3.05, 3.63) is 64.7 Å². The first-order valence-electron chi connectivity index (χ1n) is 12.1. The number of nitrogens with one attached hydrogen (secondary N) is 2. The summed E-state index contributed by atoms with van der Waals surface area (Å²) in [6, 6.07) is 10.5. The fourth-order valence-corrected chi connectivity index (χ4v) is 4.81. The summed E-state index contributed by atoms with van der Waals surface area (Å²) in [5, 5.41) is 6.13. The molecule has 2 aliphatic rings. The lowest BCUT2D eigenvalue weighted by molar-refractivity contribution is -0.115. The van der Waals surface area contributed by atoms with E-state index in [9.17, 15) is 14.0 Å². The third-order valence-corrected chi connectivity index (χ3v) is 6.76. The van der Waals surface area contributed by atoms with Crippen molar-refractivity contribution in [2.45, 2.75) is 33.2 Å². The molecule has 36 heavy (non-hydrogen) atoms. The molecule has 10 heteroatoms. The lowest BCUT2D eigenvalue weighted by Crippen LogP contribution is -2.38. The molecule has 2 aromatic heterocycles. The van der Waals surface area contributed by atoms with Gasteiger partial charge in [-0.25, -0.2) is 19.3 Å². The Balaban J connectivity index is 0.00000148. The number of amides is 2. The molecule has 0 saturated carbocycles. The van der Waals surface area contributed by atoms with E-state index in [-0.39, 0.29) is 11.1 Å². The van der Waals surface area contributed by atoms with E-state index in [0.717, 1.165) is 55.3 Å². The van der Waals surface area contributed by atoms with Gasteiger partial charge in [0.25, 0.3) is 11.1 Å². The van der Waals surface area contributed by atoms with Gasteiger partial charge < -0.3 is 10.2 Å². The highest BCUT2D eigenvalue weighted by molar-refractivity contribution is 8.18. The molecule has 0 unspecified atom stereocenters. The molecule has 3 aromatic rings. The van der Waals surface area contributed by atoms with Gasteiger partial charge in [-0.15, -0.1) is 0 Å². The van der Waals surface area contributed by atoms with E-state index in [0.29, 0.717) is 34.5 Å². The maximum absolute atomic E-state index is 14.0. The second-order valence-electron chi connectivity index (χ2n) is 8.31. The summed E-state index contributed by atoms with van der Waals surface area (Å²) in [5.74, 6) is 0.446. The number of benzene rings is 1. The Morgan fingerprint density at radius 1 is 1.14 bits per heavy atom. The van der Waals surface area contributed by atoms with E-state index >= 15 is 0 Å². The monoisotopic (exact) mass is 508 g/mol. The molecular formula is C26H29FN6O2S. The number of carbonyl (C=O) groups is 2. The van der Waals surface area contributed by atoms with Gasteiger partial charge in [0.05, 0.1) is 16.3 Å². The third kappa shape index (κ3) is 6.24. The number of pyridine rings is 1. The van der Waals surface area contributed by atoms with Gasteiger partial charge in [0.15, 0.2) is 0 Å². The largest absolute Gasteiger partial charge is 0.341 e. The number of anilines is 1. The average Bonchev–Trinajstić information content (AvgIpc) is 3.22. The second kappa shape index (κ2) is 12.0. The molecule has 0 radical (unpaired) electrons. The molecule has 2 saturated heterocycles. The Morgan fingerprint density at radius 2 is 1.94 bits per heavy atom. The highest BCUT2D eigenvalue weighted by Gasteiger charge is 2.25. The fourth-order valence-electron chi connectivity index (χ4n) is 4.14. The van der Waals surface area contributed by atoms with Crippen LogP contribution >= 0.6 is 11.8 Å². The fraction of sp³-hybridized carbons (Fsp3) is 0.346. The van der Waals surface area contributed by atoms with Crippen molar-refractivity contribution in [2.75, 3.05) is 24.5 Å². The molecule has 0 spiro atoms. The van der Waals surface area contributed by atoms with Crippen LogP contribution in [0, 0.1) is 11.7 Å². The minimum atomic E-state index is -0.396. The van der Waals surface area contributed by atoms with Gasteiger partial charge in [0.1, 0.15) is 11.3 Å². The van der Waals surface area contributed by atoms with E-state index in [1.54, 1.807) is 24.4 Å². The highest BCUT2D eigenvalue weighted by atomic mass is 32.2. The minimum absolute atomic E-state index is 0.298. The number of carbonyl (C=O) groups excluding carboxylic acids is 2. The number of piperidine rings is 1. The molecular weight excluding hydrogens is 479 g/mol. The van der Waals surface area contributed by atoms with E-state index in [1.165, 1.54) is 6.07 Å². The van der Waals surface area contributed by atoms with Crippen LogP contribution in [0.15, 0.2) is 47.5 Å². The van der Waals surface area contributed by atoms with Crippen molar-refractivity contribution in [1.82, 2.24) is 25.6 Å². The van der Waals surface area contributed by atoms with Gasteiger partial charge >= 0.3 is 0 Å². The third-order valence-electron chi connectivity index (χ3n) is 5.95. The summed E-state index contributed by atoms with van der Waals surface area (Å²) in [6.07, 6.45) is 5.27. The Hall–Kier alpha value is -3.37. The number of aromatic nitrogens is 3. The zero-order valence-electron chi connectivity index (χ0n) is 20.3. The standard InChI is InChI=1S/C24H23FN6O2S.C2H6/c25-19-3-1-2-16-4-5-18(28-21(16)19)14-26-13-15-7-10-31(11-8-15)23-27-9-6-17(29-23)12-20-22(32)30-24(33)34-20;1-2/h1-6,9,12,15,26H,7-8,10-11,13-14H2,(H,30,32,33);1-2H3/b20-12-;. The molecule has 2 N–H and O–H groups in total. The van der Waals surface area contributed by atoms with Crippen LogP contribution in [0.3, 0.4) is 0 Å². The second-order valence-corrected chi connectivity index (χ2v) is 9.32. The molecule has 2 amide bonds. The van der Waals surface area contributed by atoms with Crippen molar-refractivity contribution in [3.8, 4) is 0 Å². The number of rotatable bonds is 6. The zero-order chi connectivity index (χ0) is 25.5. The van der Waals surface area contributed by atoms with E-state index in [4.69, 9.17) is 0 Å². The molecule has 188 valence electrons. The van der Waals surface area contributed by atoms with Crippen LogP contribution in [0.25, 0.3) is 17.0 Å². The van der Waals surface area contributed by atoms with Crippen molar-refractivity contribution >= 4 is 45.8 Å². The maximum atomic E-state index is 14.0. The lowest BCUT2D eigenvalue weighted by atomic mass is 9.97. The van der Waals surface area contributed by atoms with Crippen LogP contribution in [0.1, 0.15) is 38.1 Å². The predicted molar refractivity (Wildman–Crippen MR) is 141 cm³/mol. The smallest absolute Gasteiger partial charge is 0.290 e. The molecule has 0 atom stereocenters. The van der Waals surface area contributed by atoms with Crippen molar-refractivity contribution in [1.29, 1.82) is 0 Å². The van der Waals surface area contributed by atoms with Crippen LogP contribution in [0.5, 0.6) is 0 Å². The van der Waals surface area contributed by atoms with Gasteiger partial charge in [-0.2, -0.15) is 0 Å². The molecule has 4 heterocycles. The number of imide groups is 1. The van der Waals surface area contributed by atoms with Gasteiger partial charge in [0, 0.05) is 31.2 Å². The quantitative estimate of drug-likeness (QED) is 0.469. The summed E-state index contributed by atoms with van der Waals surface area (Å²) in [7, 11) is 0. The SMILES string of the molecule is CC.O=C1NC(=O)/C(=C/c2ccnc(N3CCC(CNCc4ccc5cccc(F)c5n4)CC3)n2)S1. The number of thioether (sulfide) groups is 1. The summed E-state index contributed by atoms with van der Waals surface area (Å²) < 4.78 is 14.0. The Labute approximate surface area is 213 Å². The van der Waals surface area contributed by atoms with Gasteiger partial charge in [-0.3, -0.25) is 14.9 Å². The minimum Gasteiger partial charge on any atom is -0.341 e. The van der Waals surface area contributed by atoms with E-state index in [2.05, 4.69) is 30.5 Å². The first-order chi connectivity index (χ1) is 17.5. The Bertz CT molecular complexity index is 1280. The molecule has 2 aliphatic heterocycles. The van der Waals surface area contributed by atoms with Crippen LogP contribution in [0.2, 0.25) is 0 Å². The summed E-state index contributed by atoms with van der Waals surface area (Å²) in [6.45, 7) is 7.12. The lowest BCUT2D eigenvalue weighted by Gasteiger charge is -2.32. The summed E-state index contributed by atoms with van der Waals surface area (Å²) in [4.78, 5) is 39.0. The first kappa shape index (κ1) is 25.7. The Morgan fingerprint density at radius 3 is 2.69 bits per heavy atom. The van der Waals surface area contributed by atoms with Gasteiger partial charge in [-0.1, -0.05) is 32.0 Å². The molecule has 0 bridgehead atoms. The number of halogens is 1.